The van der Waals surface area contributed by atoms with Gasteiger partial charge in [-0.15, -0.1) is 10.2 Å². The van der Waals surface area contributed by atoms with Crippen LogP contribution in [0.1, 0.15) is 71.8 Å². The molecule has 63 heavy (non-hydrogen) atoms. The molecule has 0 bridgehead atoms. The number of fused-ring (bicyclic) bond motifs is 1. The maximum Gasteiger partial charge on any atom is 0.328 e. The highest BCUT2D eigenvalue weighted by Gasteiger charge is 2.47. The molecule has 3 aromatic heterocycles. The van der Waals surface area contributed by atoms with Crippen LogP contribution >= 0.6 is 0 Å². The van der Waals surface area contributed by atoms with E-state index in [0.717, 1.165) is 29.5 Å². The molecule has 4 amide bonds. The van der Waals surface area contributed by atoms with Crippen molar-refractivity contribution in [2.75, 3.05) is 67.9 Å². The first kappa shape index (κ1) is 42.1. The van der Waals surface area contributed by atoms with E-state index >= 15 is 8.78 Å². The number of carbonyl (C=O) groups is 3. The summed E-state index contributed by atoms with van der Waals surface area (Å²) in [6.07, 6.45) is 4.69. The number of nitrogens with two attached hydrogens (primary N) is 1. The Hall–Kier alpha value is -6.20. The number of nitrogens with zero attached hydrogens (tertiary/aromatic N) is 8. The third kappa shape index (κ3) is 8.38. The van der Waals surface area contributed by atoms with Gasteiger partial charge in [0, 0.05) is 74.9 Å². The predicted octanol–water partition coefficient (Wildman–Crippen LogP) is 6.25. The number of hydrogen-bond acceptors (Lipinski definition) is 11. The second-order valence-corrected chi connectivity index (χ2v) is 17.5. The van der Waals surface area contributed by atoms with E-state index in [0.29, 0.717) is 78.5 Å². The van der Waals surface area contributed by atoms with Gasteiger partial charge in [-0.05, 0) is 99.0 Å². The van der Waals surface area contributed by atoms with Gasteiger partial charge in [-0.25, -0.2) is 18.6 Å². The standard InChI is InChI=1S/C46H52F2N10O5/c1-27-18-31(8-9-33(27)39-25-56(23-29(3)63-39)37-20-36(52-53-42(37)49)34-6-4-5-7-38(34)59)44(61)55-15-10-30(11-16-55)24-54-14-12-40(46(47,48)26-54)58-22-28(2)35-19-32(21-50-43(35)58)57-17-13-41(60)51-45(57)62/h4-9,18-22,29-30,39-40,59H,10-17,23-26H2,1-3H3,(H2,49,53)(H,51,60,62)/t29-,39-,40+/m0/s1. The summed E-state index contributed by atoms with van der Waals surface area (Å²) in [4.78, 5) is 49.7. The summed E-state index contributed by atoms with van der Waals surface area (Å²) in [6, 6.07) is 14.7. The number of phenols is 1. The van der Waals surface area contributed by atoms with Gasteiger partial charge in [0.2, 0.25) is 5.91 Å². The molecule has 9 rings (SSSR count). The molecule has 2 aromatic carbocycles. The Morgan fingerprint density at radius 3 is 2.52 bits per heavy atom. The summed E-state index contributed by atoms with van der Waals surface area (Å²) in [6.45, 7) is 8.93. The first-order valence-corrected chi connectivity index (χ1v) is 21.6. The minimum absolute atomic E-state index is 0.0494. The zero-order chi connectivity index (χ0) is 44.2. The zero-order valence-electron chi connectivity index (χ0n) is 35.6. The second-order valence-electron chi connectivity index (χ2n) is 17.5. The molecular weight excluding hydrogens is 811 g/mol. The number of halogens is 2. The fraction of sp³-hybridized carbons (Fsp3) is 0.435. The van der Waals surface area contributed by atoms with Crippen LogP contribution in [-0.4, -0.2) is 117 Å². The van der Waals surface area contributed by atoms with Gasteiger partial charge >= 0.3 is 6.03 Å². The average Bonchev–Trinajstić information content (AvgIpc) is 3.58. The van der Waals surface area contributed by atoms with Crippen molar-refractivity contribution in [1.82, 2.24) is 34.9 Å². The van der Waals surface area contributed by atoms with Gasteiger partial charge in [0.05, 0.1) is 35.9 Å². The lowest BCUT2D eigenvalue weighted by atomic mass is 9.93. The third-order valence-corrected chi connectivity index (χ3v) is 13.1. The number of pyridine rings is 1. The number of phenolic OH excluding ortho intramolecular Hbond substituents is 1. The number of likely N-dealkylation sites (tertiary alicyclic amines) is 2. The van der Waals surface area contributed by atoms with Gasteiger partial charge in [-0.3, -0.25) is 24.7 Å². The summed E-state index contributed by atoms with van der Waals surface area (Å²) in [5.74, 6) is -2.82. The molecule has 0 spiro atoms. The van der Waals surface area contributed by atoms with E-state index in [4.69, 9.17) is 10.5 Å². The van der Waals surface area contributed by atoms with Crippen molar-refractivity contribution in [1.29, 1.82) is 0 Å². The molecule has 5 aromatic rings. The van der Waals surface area contributed by atoms with Crippen molar-refractivity contribution in [3.05, 3.63) is 89.2 Å². The topological polar surface area (TPSA) is 175 Å². The molecule has 0 unspecified atom stereocenters. The minimum atomic E-state index is -3.01. The van der Waals surface area contributed by atoms with Crippen LogP contribution in [0.4, 0.5) is 30.8 Å². The molecule has 15 nitrogen and oxygen atoms in total. The molecule has 0 aliphatic carbocycles. The smallest absolute Gasteiger partial charge is 0.328 e. The number of alkyl halides is 2. The highest BCUT2D eigenvalue weighted by Crippen LogP contribution is 2.41. The zero-order valence-corrected chi connectivity index (χ0v) is 35.6. The van der Waals surface area contributed by atoms with Crippen molar-refractivity contribution in [2.45, 2.75) is 70.6 Å². The maximum atomic E-state index is 16.0. The van der Waals surface area contributed by atoms with Crippen LogP contribution in [-0.2, 0) is 9.53 Å². The second kappa shape index (κ2) is 16.8. The van der Waals surface area contributed by atoms with Crippen LogP contribution in [0.3, 0.4) is 0 Å². The van der Waals surface area contributed by atoms with E-state index in [1.165, 1.54) is 11.1 Å². The highest BCUT2D eigenvalue weighted by molar-refractivity contribution is 6.06. The van der Waals surface area contributed by atoms with Crippen molar-refractivity contribution in [3.8, 4) is 17.0 Å². The number of morpholine rings is 1. The first-order valence-electron chi connectivity index (χ1n) is 21.6. The lowest BCUT2D eigenvalue weighted by Crippen LogP contribution is -2.51. The number of nitrogen functional groups attached to an aromatic ring is 1. The Morgan fingerprint density at radius 2 is 1.78 bits per heavy atom. The molecule has 4 aliphatic heterocycles. The molecule has 330 valence electrons. The number of aromatic nitrogens is 4. The number of imide groups is 1. The first-order chi connectivity index (χ1) is 30.2. The fourth-order valence-corrected chi connectivity index (χ4v) is 9.80. The quantitative estimate of drug-likeness (QED) is 0.161. The van der Waals surface area contributed by atoms with Gasteiger partial charge in [0.15, 0.2) is 5.82 Å². The molecular formula is C46H52F2N10O5. The number of rotatable bonds is 8. The summed E-state index contributed by atoms with van der Waals surface area (Å²) >= 11 is 0. The van der Waals surface area contributed by atoms with Crippen molar-refractivity contribution >= 4 is 46.1 Å². The van der Waals surface area contributed by atoms with Gasteiger partial charge < -0.3 is 29.9 Å². The monoisotopic (exact) mass is 862 g/mol. The molecule has 4 aliphatic rings. The molecule has 4 saturated heterocycles. The number of aryl methyl sites for hydroxylation is 2. The van der Waals surface area contributed by atoms with Gasteiger partial charge in [-0.1, -0.05) is 18.2 Å². The molecule has 7 heterocycles. The fourth-order valence-electron chi connectivity index (χ4n) is 9.80. The number of carbonyl (C=O) groups excluding carboxylic acids is 3. The largest absolute Gasteiger partial charge is 0.507 e. The van der Waals surface area contributed by atoms with Crippen LogP contribution in [0, 0.1) is 19.8 Å². The van der Waals surface area contributed by atoms with E-state index in [2.05, 4.69) is 25.4 Å². The number of aromatic hydroxyl groups is 1. The van der Waals surface area contributed by atoms with E-state index in [-0.39, 0.29) is 67.4 Å². The number of urea groups is 1. The minimum Gasteiger partial charge on any atom is -0.507 e. The van der Waals surface area contributed by atoms with E-state index in [9.17, 15) is 19.5 Å². The normalized spacial score (nSPS) is 22.4. The number of hydrogen-bond donors (Lipinski definition) is 3. The summed E-state index contributed by atoms with van der Waals surface area (Å²) in [5, 5.41) is 21.9. The summed E-state index contributed by atoms with van der Waals surface area (Å²) < 4.78 is 40.1. The Balaban J connectivity index is 0.797. The van der Waals surface area contributed by atoms with Gasteiger partial charge in [-0.2, -0.15) is 0 Å². The lowest BCUT2D eigenvalue weighted by molar-refractivity contribution is -0.120. The number of anilines is 3. The maximum absolute atomic E-state index is 16.0. The number of piperidine rings is 2. The Bertz CT molecular complexity index is 2580. The van der Waals surface area contributed by atoms with Crippen LogP contribution in [0.2, 0.25) is 0 Å². The molecule has 0 saturated carbocycles. The van der Waals surface area contributed by atoms with E-state index in [1.807, 2.05) is 60.9 Å². The van der Waals surface area contributed by atoms with Crippen molar-refractivity contribution in [2.24, 2.45) is 5.92 Å². The predicted molar refractivity (Wildman–Crippen MR) is 234 cm³/mol. The summed E-state index contributed by atoms with van der Waals surface area (Å²) in [7, 11) is 0. The molecule has 4 N–H and O–H groups in total. The van der Waals surface area contributed by atoms with E-state index < -0.39 is 18.0 Å². The number of benzene rings is 2. The van der Waals surface area contributed by atoms with Gasteiger partial charge in [0.25, 0.3) is 11.8 Å². The molecule has 17 heteroatoms. The Morgan fingerprint density at radius 1 is 0.984 bits per heavy atom. The number of para-hydroxylation sites is 1. The number of nitrogens with one attached hydrogen (secondary N) is 1. The third-order valence-electron chi connectivity index (χ3n) is 13.1. The van der Waals surface area contributed by atoms with Crippen LogP contribution < -0.4 is 20.9 Å². The number of amides is 4. The van der Waals surface area contributed by atoms with Crippen LogP contribution in [0.5, 0.6) is 5.75 Å². The average molecular weight is 863 g/mol. The Labute approximate surface area is 363 Å². The SMILES string of the molecule is Cc1cc(C(=O)N2CCC(CN3CC[C@@H](n4cc(C)c5cc(N6CCC(=O)NC6=O)cnc54)C(F)(F)C3)CC2)ccc1[C@@H]1CN(c2cc(-c3ccccc3O)nnc2N)C[C@H](C)O1. The van der Waals surface area contributed by atoms with Crippen LogP contribution in [0.15, 0.2) is 67.0 Å². The lowest BCUT2D eigenvalue weighted by Gasteiger charge is -2.41. The van der Waals surface area contributed by atoms with Crippen molar-refractivity contribution < 1.29 is 33.0 Å². The number of ether oxygens (including phenoxy) is 1. The molecule has 4 fully saturated rings. The van der Waals surface area contributed by atoms with Crippen LogP contribution in [0.25, 0.3) is 22.3 Å². The molecule has 0 radical (unpaired) electrons. The Kier molecular flexibility index (Phi) is 11.2. The van der Waals surface area contributed by atoms with E-state index in [1.54, 1.807) is 35.0 Å². The van der Waals surface area contributed by atoms with Crippen molar-refractivity contribution in [3.63, 3.8) is 0 Å². The highest BCUT2D eigenvalue weighted by atomic mass is 19.3. The van der Waals surface area contributed by atoms with Gasteiger partial charge in [0.1, 0.15) is 23.5 Å². The molecule has 3 atom stereocenters. The summed E-state index contributed by atoms with van der Waals surface area (Å²) in [5.41, 5.74) is 12.4.